The highest BCUT2D eigenvalue weighted by Gasteiger charge is 2.18. The van der Waals surface area contributed by atoms with Crippen LogP contribution in [0.3, 0.4) is 0 Å². The van der Waals surface area contributed by atoms with Crippen LogP contribution in [0.5, 0.6) is 0 Å². The smallest absolute Gasteiger partial charge is 0.337 e. The van der Waals surface area contributed by atoms with Gasteiger partial charge in [-0.2, -0.15) is 0 Å². The van der Waals surface area contributed by atoms with Crippen molar-refractivity contribution in [2.45, 2.75) is 0 Å². The van der Waals surface area contributed by atoms with Crippen LogP contribution in [0.15, 0.2) is 54.6 Å². The van der Waals surface area contributed by atoms with Crippen LogP contribution < -0.4 is 5.73 Å². The maximum atomic E-state index is 11.1. The van der Waals surface area contributed by atoms with Crippen molar-refractivity contribution in [3.8, 4) is 0 Å². The van der Waals surface area contributed by atoms with Crippen LogP contribution in [0.4, 0.5) is 5.69 Å². The highest BCUT2D eigenvalue weighted by atomic mass is 16.4. The molecule has 3 aromatic carbocycles. The Kier molecular flexibility index (Phi) is 6.15. The summed E-state index contributed by atoms with van der Waals surface area (Å²) in [6, 6.07) is 13.2. The van der Waals surface area contributed by atoms with Crippen molar-refractivity contribution < 1.29 is 39.6 Å². The summed E-state index contributed by atoms with van der Waals surface area (Å²) in [5.41, 5.74) is 4.80. The van der Waals surface area contributed by atoms with Gasteiger partial charge in [0, 0.05) is 5.69 Å². The molecule has 9 nitrogen and oxygen atoms in total. The normalized spacial score (nSPS) is 9.93. The lowest BCUT2D eigenvalue weighted by molar-refractivity contribution is 0.0653. The van der Waals surface area contributed by atoms with Gasteiger partial charge in [0.15, 0.2) is 0 Å². The van der Waals surface area contributed by atoms with E-state index in [0.29, 0.717) is 10.8 Å². The van der Waals surface area contributed by atoms with Crippen LogP contribution in [0.1, 0.15) is 41.4 Å². The summed E-state index contributed by atoms with van der Waals surface area (Å²) in [5.74, 6) is -4.77. The van der Waals surface area contributed by atoms with E-state index in [1.54, 1.807) is 30.3 Å². The topological polar surface area (TPSA) is 175 Å². The van der Waals surface area contributed by atoms with Gasteiger partial charge in [-0.25, -0.2) is 19.2 Å². The van der Waals surface area contributed by atoms with E-state index in [9.17, 15) is 19.2 Å². The number of carboxylic acid groups (broad SMARTS) is 4. The zero-order valence-electron chi connectivity index (χ0n) is 14.7. The van der Waals surface area contributed by atoms with Crippen LogP contribution in [0.2, 0.25) is 0 Å². The highest BCUT2D eigenvalue weighted by molar-refractivity contribution is 6.11. The Morgan fingerprint density at radius 3 is 1.76 bits per heavy atom. The molecular formula is C20H15NO8. The zero-order chi connectivity index (χ0) is 21.7. The Balaban J connectivity index is 0.000000212. The lowest BCUT2D eigenvalue weighted by atomic mass is 9.99. The van der Waals surface area contributed by atoms with Crippen molar-refractivity contribution >= 4 is 40.3 Å². The first-order chi connectivity index (χ1) is 13.6. The van der Waals surface area contributed by atoms with E-state index in [2.05, 4.69) is 0 Å². The molecule has 0 aliphatic rings. The van der Waals surface area contributed by atoms with E-state index in [-0.39, 0.29) is 27.9 Å². The zero-order valence-corrected chi connectivity index (χ0v) is 14.7. The first-order valence-corrected chi connectivity index (χ1v) is 7.98. The van der Waals surface area contributed by atoms with Crippen LogP contribution in [-0.2, 0) is 0 Å². The van der Waals surface area contributed by atoms with Gasteiger partial charge < -0.3 is 26.2 Å². The second-order valence-corrected chi connectivity index (χ2v) is 5.73. The second kappa shape index (κ2) is 8.53. The van der Waals surface area contributed by atoms with Crippen molar-refractivity contribution in [2.75, 3.05) is 5.73 Å². The molecule has 0 atom stereocenters. The molecule has 29 heavy (non-hydrogen) atoms. The minimum Gasteiger partial charge on any atom is -0.478 e. The Morgan fingerprint density at radius 1 is 0.655 bits per heavy atom. The number of nitrogen functional groups attached to an aromatic ring is 1. The molecule has 3 aromatic rings. The molecule has 0 saturated carbocycles. The van der Waals surface area contributed by atoms with E-state index in [1.165, 1.54) is 18.2 Å². The van der Waals surface area contributed by atoms with Gasteiger partial charge in [-0.3, -0.25) is 0 Å². The van der Waals surface area contributed by atoms with Gasteiger partial charge in [0.25, 0.3) is 0 Å². The lowest BCUT2D eigenvalue weighted by Crippen LogP contribution is -2.08. The lowest BCUT2D eigenvalue weighted by Gasteiger charge is -2.05. The van der Waals surface area contributed by atoms with E-state index in [4.69, 9.17) is 26.2 Å². The maximum absolute atomic E-state index is 11.1. The number of anilines is 1. The fourth-order valence-corrected chi connectivity index (χ4v) is 2.57. The number of benzene rings is 3. The largest absolute Gasteiger partial charge is 0.478 e. The third kappa shape index (κ3) is 4.66. The summed E-state index contributed by atoms with van der Waals surface area (Å²) in [7, 11) is 0. The predicted octanol–water partition coefficient (Wildman–Crippen LogP) is 2.90. The maximum Gasteiger partial charge on any atom is 0.337 e. The minimum atomic E-state index is -1.23. The summed E-state index contributed by atoms with van der Waals surface area (Å²) in [6.45, 7) is 0. The molecule has 0 fully saturated rings. The number of hydrogen-bond donors (Lipinski definition) is 5. The summed E-state index contributed by atoms with van der Waals surface area (Å²) >= 11 is 0. The molecule has 148 valence electrons. The fraction of sp³-hybridized carbons (Fsp3) is 0. The Labute approximate surface area is 163 Å². The van der Waals surface area contributed by atoms with Gasteiger partial charge in [-0.05, 0) is 35.0 Å². The first kappa shape index (κ1) is 20.9. The quantitative estimate of drug-likeness (QED) is 0.414. The van der Waals surface area contributed by atoms with E-state index in [1.807, 2.05) is 0 Å². The van der Waals surface area contributed by atoms with Gasteiger partial charge in [-0.1, -0.05) is 30.3 Å². The molecule has 0 unspecified atom stereocenters. The summed E-state index contributed by atoms with van der Waals surface area (Å²) < 4.78 is 0. The SMILES string of the molecule is Nc1cc(C(=O)O)ccc1C(=O)O.O=C(O)c1ccc2ccccc2c1C(=O)O. The third-order valence-electron chi connectivity index (χ3n) is 3.90. The molecule has 0 aliphatic heterocycles. The van der Waals surface area contributed by atoms with Gasteiger partial charge in [0.2, 0.25) is 0 Å². The second-order valence-electron chi connectivity index (χ2n) is 5.73. The Bertz CT molecular complexity index is 1140. The number of rotatable bonds is 4. The molecule has 0 spiro atoms. The average Bonchev–Trinajstić information content (AvgIpc) is 2.66. The molecule has 6 N–H and O–H groups in total. The standard InChI is InChI=1S/C12H8O4.C8H7NO4/c13-11(14)9-6-5-7-3-1-2-4-8(7)10(9)12(15)16;9-6-3-4(7(10)11)1-2-5(6)8(12)13/h1-6H,(H,13,14)(H,15,16);1-3H,9H2,(H,10,11)(H,12,13). The van der Waals surface area contributed by atoms with Crippen LogP contribution in [-0.4, -0.2) is 44.3 Å². The van der Waals surface area contributed by atoms with Gasteiger partial charge in [-0.15, -0.1) is 0 Å². The summed E-state index contributed by atoms with van der Waals surface area (Å²) in [6.07, 6.45) is 0. The van der Waals surface area contributed by atoms with Crippen molar-refractivity contribution in [1.29, 1.82) is 0 Å². The van der Waals surface area contributed by atoms with Gasteiger partial charge >= 0.3 is 23.9 Å². The number of aromatic carboxylic acids is 4. The van der Waals surface area contributed by atoms with E-state index in [0.717, 1.165) is 6.07 Å². The molecule has 0 bridgehead atoms. The molecular weight excluding hydrogens is 382 g/mol. The van der Waals surface area contributed by atoms with E-state index >= 15 is 0 Å². The summed E-state index contributed by atoms with van der Waals surface area (Å²) in [5, 5.41) is 36.2. The number of carboxylic acids is 4. The number of carbonyl (C=O) groups is 4. The minimum absolute atomic E-state index is 0.0255. The van der Waals surface area contributed by atoms with Crippen LogP contribution in [0, 0.1) is 0 Å². The average molecular weight is 397 g/mol. The Hall–Kier alpha value is -4.40. The summed E-state index contributed by atoms with van der Waals surface area (Å²) in [4.78, 5) is 42.9. The van der Waals surface area contributed by atoms with Crippen LogP contribution >= 0.6 is 0 Å². The third-order valence-corrected chi connectivity index (χ3v) is 3.90. The molecule has 9 heteroatoms. The molecule has 0 aliphatic carbocycles. The van der Waals surface area contributed by atoms with Gasteiger partial charge in [0.1, 0.15) is 0 Å². The molecule has 0 amide bonds. The predicted molar refractivity (Wildman–Crippen MR) is 103 cm³/mol. The van der Waals surface area contributed by atoms with Gasteiger partial charge in [0.05, 0.1) is 22.3 Å². The number of hydrogen-bond acceptors (Lipinski definition) is 5. The number of nitrogens with two attached hydrogens (primary N) is 1. The molecule has 0 aromatic heterocycles. The molecule has 0 heterocycles. The molecule has 0 radical (unpaired) electrons. The molecule has 3 rings (SSSR count). The fourth-order valence-electron chi connectivity index (χ4n) is 2.57. The number of fused-ring (bicyclic) bond motifs is 1. The van der Waals surface area contributed by atoms with Crippen LogP contribution in [0.25, 0.3) is 10.8 Å². The molecule has 0 saturated heterocycles. The van der Waals surface area contributed by atoms with Crippen molar-refractivity contribution in [1.82, 2.24) is 0 Å². The monoisotopic (exact) mass is 397 g/mol. The highest BCUT2D eigenvalue weighted by Crippen LogP contribution is 2.22. The van der Waals surface area contributed by atoms with Crippen molar-refractivity contribution in [3.63, 3.8) is 0 Å². The Morgan fingerprint density at radius 2 is 1.24 bits per heavy atom. The van der Waals surface area contributed by atoms with Crippen molar-refractivity contribution in [3.05, 3.63) is 76.9 Å². The van der Waals surface area contributed by atoms with Crippen molar-refractivity contribution in [2.24, 2.45) is 0 Å². The first-order valence-electron chi connectivity index (χ1n) is 7.98. The van der Waals surface area contributed by atoms with E-state index < -0.39 is 23.9 Å².